The Balaban J connectivity index is 1.88. The second-order valence-electron chi connectivity index (χ2n) is 4.90. The monoisotopic (exact) mass is 334 g/mol. The van der Waals surface area contributed by atoms with Crippen LogP contribution in [0.5, 0.6) is 0 Å². The van der Waals surface area contributed by atoms with Crippen molar-refractivity contribution < 1.29 is 0 Å². The van der Waals surface area contributed by atoms with Crippen molar-refractivity contribution in [3.63, 3.8) is 0 Å². The molecule has 1 N–H and O–H groups in total. The molecule has 7 heteroatoms. The van der Waals surface area contributed by atoms with Crippen LogP contribution in [0.1, 0.15) is 23.2 Å². The molecular formula is C15H15ClN4OS. The molecule has 0 spiro atoms. The maximum atomic E-state index is 12.1. The first-order chi connectivity index (χ1) is 10.6. The summed E-state index contributed by atoms with van der Waals surface area (Å²) in [5, 5.41) is 9.12. The smallest absolute Gasteiger partial charge is 0.275 e. The highest BCUT2D eigenvalue weighted by molar-refractivity contribution is 7.16. The number of hydrogen-bond donors (Lipinski definition) is 1. The van der Waals surface area contributed by atoms with Crippen LogP contribution in [0.2, 0.25) is 5.02 Å². The average molecular weight is 335 g/mol. The summed E-state index contributed by atoms with van der Waals surface area (Å²) < 4.78 is 1.36. The number of nitrogens with one attached hydrogen (secondary N) is 1. The number of aryl methyl sites for hydroxylation is 1. The molecule has 0 fully saturated rings. The van der Waals surface area contributed by atoms with E-state index in [0.29, 0.717) is 22.2 Å². The number of rotatable bonds is 4. The first-order valence-electron chi connectivity index (χ1n) is 6.96. The minimum absolute atomic E-state index is 0.152. The molecule has 0 saturated heterocycles. The van der Waals surface area contributed by atoms with Gasteiger partial charge in [0.1, 0.15) is 5.01 Å². The van der Waals surface area contributed by atoms with E-state index in [-0.39, 0.29) is 5.56 Å². The number of hydrogen-bond acceptors (Lipinski definition) is 5. The van der Waals surface area contributed by atoms with Crippen LogP contribution in [0.4, 0.5) is 5.69 Å². The first kappa shape index (κ1) is 15.0. The lowest BCUT2D eigenvalue weighted by molar-refractivity contribution is 0.846. The Morgan fingerprint density at radius 3 is 3.00 bits per heavy atom. The van der Waals surface area contributed by atoms with Gasteiger partial charge in [0.15, 0.2) is 0 Å². The van der Waals surface area contributed by atoms with Gasteiger partial charge in [0, 0.05) is 16.8 Å². The summed E-state index contributed by atoms with van der Waals surface area (Å²) in [5.74, 6) is 0. The van der Waals surface area contributed by atoms with Crippen LogP contribution in [0, 0.1) is 6.92 Å². The Hall–Kier alpha value is -1.92. The third-order valence-corrected chi connectivity index (χ3v) is 4.83. The number of halogens is 1. The normalized spacial score (nSPS) is 11.0. The lowest BCUT2D eigenvalue weighted by atomic mass is 10.2. The molecule has 5 nitrogen and oxygen atoms in total. The van der Waals surface area contributed by atoms with Crippen molar-refractivity contribution in [1.29, 1.82) is 0 Å². The van der Waals surface area contributed by atoms with Crippen LogP contribution in [-0.4, -0.2) is 14.6 Å². The van der Waals surface area contributed by atoms with Crippen LogP contribution in [-0.2, 0) is 13.0 Å². The average Bonchev–Trinajstić information content (AvgIpc) is 2.92. The van der Waals surface area contributed by atoms with Crippen LogP contribution in [0.15, 0.2) is 29.1 Å². The van der Waals surface area contributed by atoms with Gasteiger partial charge in [0.2, 0.25) is 4.96 Å². The Labute approximate surface area is 136 Å². The van der Waals surface area contributed by atoms with Gasteiger partial charge in [-0.2, -0.15) is 9.61 Å². The van der Waals surface area contributed by atoms with Gasteiger partial charge in [0.25, 0.3) is 5.56 Å². The second kappa shape index (κ2) is 6.06. The fourth-order valence-corrected chi connectivity index (χ4v) is 3.15. The predicted octanol–water partition coefficient (Wildman–Crippen LogP) is 3.29. The highest BCUT2D eigenvalue weighted by atomic mass is 35.5. The summed E-state index contributed by atoms with van der Waals surface area (Å²) >= 11 is 7.55. The molecule has 0 unspecified atom stereocenters. The van der Waals surface area contributed by atoms with Crippen molar-refractivity contribution in [1.82, 2.24) is 14.6 Å². The van der Waals surface area contributed by atoms with E-state index in [1.54, 1.807) is 0 Å². The number of nitrogens with zero attached hydrogens (tertiary/aromatic N) is 3. The van der Waals surface area contributed by atoms with Crippen LogP contribution < -0.4 is 10.9 Å². The van der Waals surface area contributed by atoms with Crippen molar-refractivity contribution in [2.24, 2.45) is 0 Å². The maximum Gasteiger partial charge on any atom is 0.275 e. The molecule has 0 atom stereocenters. The maximum absolute atomic E-state index is 12.1. The largest absolute Gasteiger partial charge is 0.379 e. The fourth-order valence-electron chi connectivity index (χ4n) is 2.11. The molecule has 0 aliphatic rings. The second-order valence-corrected chi connectivity index (χ2v) is 6.34. The molecule has 22 heavy (non-hydrogen) atoms. The van der Waals surface area contributed by atoms with Crippen molar-refractivity contribution in [3.8, 4) is 0 Å². The molecule has 1 aromatic carbocycles. The molecule has 0 saturated carbocycles. The van der Waals surface area contributed by atoms with E-state index in [1.807, 2.05) is 32.0 Å². The summed E-state index contributed by atoms with van der Waals surface area (Å²) in [5.41, 5.74) is 2.46. The molecule has 0 radical (unpaired) electrons. The SMILES string of the molecule is CCc1nn2c(=O)cc(CNc3cccc(Cl)c3C)nc2s1. The Morgan fingerprint density at radius 1 is 1.41 bits per heavy atom. The third-order valence-electron chi connectivity index (χ3n) is 3.37. The number of fused-ring (bicyclic) bond motifs is 1. The zero-order valence-electron chi connectivity index (χ0n) is 12.3. The molecular weight excluding hydrogens is 320 g/mol. The lowest BCUT2D eigenvalue weighted by Gasteiger charge is -2.10. The number of benzene rings is 1. The van der Waals surface area contributed by atoms with Gasteiger partial charge < -0.3 is 5.32 Å². The molecule has 3 rings (SSSR count). The van der Waals surface area contributed by atoms with Crippen molar-refractivity contribution in [2.75, 3.05) is 5.32 Å². The minimum Gasteiger partial charge on any atom is -0.379 e. The quantitative estimate of drug-likeness (QED) is 0.795. The summed E-state index contributed by atoms with van der Waals surface area (Å²) in [7, 11) is 0. The van der Waals surface area contributed by atoms with Crippen molar-refractivity contribution >= 4 is 33.6 Å². The van der Waals surface area contributed by atoms with Gasteiger partial charge in [0.05, 0.1) is 12.2 Å². The Morgan fingerprint density at radius 2 is 2.23 bits per heavy atom. The molecule has 0 aliphatic heterocycles. The third kappa shape index (κ3) is 2.84. The van der Waals surface area contributed by atoms with E-state index >= 15 is 0 Å². The number of aromatic nitrogens is 3. The lowest BCUT2D eigenvalue weighted by Crippen LogP contribution is -2.17. The molecule has 114 valence electrons. The first-order valence-corrected chi connectivity index (χ1v) is 8.15. The summed E-state index contributed by atoms with van der Waals surface area (Å²) in [4.78, 5) is 17.2. The molecule has 0 aliphatic carbocycles. The summed E-state index contributed by atoms with van der Waals surface area (Å²) in [6.07, 6.45) is 0.794. The summed E-state index contributed by atoms with van der Waals surface area (Å²) in [6, 6.07) is 7.20. The summed E-state index contributed by atoms with van der Waals surface area (Å²) in [6.45, 7) is 4.42. The number of anilines is 1. The van der Waals surface area contributed by atoms with Gasteiger partial charge in [-0.3, -0.25) is 4.79 Å². The van der Waals surface area contributed by atoms with E-state index in [2.05, 4.69) is 15.4 Å². The van der Waals surface area contributed by atoms with Crippen LogP contribution in [0.25, 0.3) is 4.96 Å². The van der Waals surface area contributed by atoms with E-state index < -0.39 is 0 Å². The molecule has 2 aromatic heterocycles. The zero-order chi connectivity index (χ0) is 15.7. The topological polar surface area (TPSA) is 59.3 Å². The highest BCUT2D eigenvalue weighted by Gasteiger charge is 2.08. The van der Waals surface area contributed by atoms with Gasteiger partial charge in [-0.1, -0.05) is 35.9 Å². The van der Waals surface area contributed by atoms with E-state index in [0.717, 1.165) is 22.7 Å². The zero-order valence-corrected chi connectivity index (χ0v) is 13.8. The predicted molar refractivity (Wildman–Crippen MR) is 90.0 cm³/mol. The highest BCUT2D eigenvalue weighted by Crippen LogP contribution is 2.23. The molecule has 2 heterocycles. The fraction of sp³-hybridized carbons (Fsp3) is 0.267. The van der Waals surface area contributed by atoms with Crippen molar-refractivity contribution in [3.05, 3.63) is 55.9 Å². The Bertz CT molecular complexity index is 887. The Kier molecular flexibility index (Phi) is 4.13. The van der Waals surface area contributed by atoms with E-state index in [9.17, 15) is 4.79 Å². The van der Waals surface area contributed by atoms with Crippen LogP contribution >= 0.6 is 22.9 Å². The van der Waals surface area contributed by atoms with Crippen LogP contribution in [0.3, 0.4) is 0 Å². The van der Waals surface area contributed by atoms with Gasteiger partial charge >= 0.3 is 0 Å². The van der Waals surface area contributed by atoms with E-state index in [4.69, 9.17) is 11.6 Å². The van der Waals surface area contributed by atoms with Gasteiger partial charge in [-0.05, 0) is 31.0 Å². The van der Waals surface area contributed by atoms with Crippen molar-refractivity contribution in [2.45, 2.75) is 26.8 Å². The minimum atomic E-state index is -0.152. The van der Waals surface area contributed by atoms with Gasteiger partial charge in [-0.25, -0.2) is 4.98 Å². The molecule has 0 amide bonds. The van der Waals surface area contributed by atoms with Gasteiger partial charge in [-0.15, -0.1) is 0 Å². The standard InChI is InChI=1S/C15H15ClN4OS/c1-3-13-19-20-14(21)7-10(18-15(20)22-13)8-17-12-6-4-5-11(16)9(12)2/h4-7,17H,3,8H2,1-2H3. The molecule has 3 aromatic rings. The van der Waals surface area contributed by atoms with E-state index in [1.165, 1.54) is 21.9 Å². The molecule has 0 bridgehead atoms.